The van der Waals surface area contributed by atoms with Crippen LogP contribution >= 0.6 is 15.9 Å². The molecule has 2 aromatic rings. The average Bonchev–Trinajstić information content (AvgIpc) is 2.44. The van der Waals surface area contributed by atoms with E-state index in [2.05, 4.69) is 30.6 Å². The largest absolute Gasteiger partial charge is 0.352 e. The lowest BCUT2D eigenvalue weighted by atomic mass is 10.1. The van der Waals surface area contributed by atoms with Crippen molar-refractivity contribution in [1.29, 1.82) is 0 Å². The molecule has 0 saturated carbocycles. The molecule has 0 aliphatic carbocycles. The van der Waals surface area contributed by atoms with Gasteiger partial charge in [-0.2, -0.15) is 0 Å². The Bertz CT molecular complexity index is 716. The maximum absolute atomic E-state index is 12.2. The molecule has 1 aromatic carbocycles. The summed E-state index contributed by atoms with van der Waals surface area (Å²) in [6, 6.07) is 6.46. The molecule has 21 heavy (non-hydrogen) atoms. The first kappa shape index (κ1) is 14.4. The minimum absolute atomic E-state index is 0.111. The monoisotopic (exact) mass is 368 g/mol. The number of aromatic nitrogens is 2. The highest BCUT2D eigenvalue weighted by molar-refractivity contribution is 9.10. The van der Waals surface area contributed by atoms with Crippen LogP contribution < -0.4 is 9.62 Å². The van der Waals surface area contributed by atoms with E-state index >= 15 is 0 Å². The molecule has 8 heteroatoms. The summed E-state index contributed by atoms with van der Waals surface area (Å²) in [5, 5.41) is 0. The van der Waals surface area contributed by atoms with Crippen molar-refractivity contribution in [2.24, 2.45) is 0 Å². The van der Waals surface area contributed by atoms with Gasteiger partial charge in [-0.3, -0.25) is 4.98 Å². The molecule has 0 radical (unpaired) electrons. The quantitative estimate of drug-likeness (QED) is 0.882. The smallest absolute Gasteiger partial charge is 0.240 e. The molecule has 1 N–H and O–H groups in total. The number of hydrogen-bond donors (Lipinski definition) is 1. The first-order chi connectivity index (χ1) is 10.0. The molecule has 2 heterocycles. The lowest BCUT2D eigenvalue weighted by Gasteiger charge is -2.39. The lowest BCUT2D eigenvalue weighted by molar-refractivity contribution is 0.465. The number of nitrogens with zero attached hydrogens (tertiary/aromatic N) is 3. The standard InChI is InChI=1S/C13H13BrN4O2S/c14-10-1-3-12(4-2-10)21(19,20)17-11-8-18(9-11)13-7-15-5-6-16-13/h1-7,11,17H,8-9H2. The predicted octanol–water partition coefficient (Wildman–Crippen LogP) is 1.41. The van der Waals surface area contributed by atoms with Crippen LogP contribution in [-0.2, 0) is 10.0 Å². The van der Waals surface area contributed by atoms with Gasteiger partial charge in [-0.15, -0.1) is 0 Å². The van der Waals surface area contributed by atoms with Crippen LogP contribution in [0.5, 0.6) is 0 Å². The highest BCUT2D eigenvalue weighted by atomic mass is 79.9. The number of benzene rings is 1. The Hall–Kier alpha value is -1.51. The minimum Gasteiger partial charge on any atom is -0.352 e. The van der Waals surface area contributed by atoms with Gasteiger partial charge in [-0.05, 0) is 24.3 Å². The SMILES string of the molecule is O=S(=O)(NC1CN(c2cnccn2)C1)c1ccc(Br)cc1. The molecular formula is C13H13BrN4O2S. The van der Waals surface area contributed by atoms with Crippen molar-refractivity contribution in [2.45, 2.75) is 10.9 Å². The van der Waals surface area contributed by atoms with Crippen molar-refractivity contribution in [3.63, 3.8) is 0 Å². The van der Waals surface area contributed by atoms with Crippen molar-refractivity contribution in [1.82, 2.24) is 14.7 Å². The minimum atomic E-state index is -3.48. The molecule has 6 nitrogen and oxygen atoms in total. The summed E-state index contributed by atoms with van der Waals surface area (Å²) >= 11 is 3.29. The van der Waals surface area contributed by atoms with E-state index in [-0.39, 0.29) is 10.9 Å². The molecule has 1 fully saturated rings. The molecule has 0 atom stereocenters. The lowest BCUT2D eigenvalue weighted by Crippen LogP contribution is -2.59. The molecule has 0 spiro atoms. The Morgan fingerprint density at radius 2 is 1.90 bits per heavy atom. The van der Waals surface area contributed by atoms with Gasteiger partial charge >= 0.3 is 0 Å². The highest BCUT2D eigenvalue weighted by Crippen LogP contribution is 2.19. The van der Waals surface area contributed by atoms with E-state index in [9.17, 15) is 8.42 Å². The van der Waals surface area contributed by atoms with Gasteiger partial charge in [0.05, 0.1) is 17.1 Å². The van der Waals surface area contributed by atoms with Gasteiger partial charge in [-0.25, -0.2) is 18.1 Å². The van der Waals surface area contributed by atoms with E-state index in [1.54, 1.807) is 42.9 Å². The zero-order valence-corrected chi connectivity index (χ0v) is 13.4. The Kier molecular flexibility index (Phi) is 3.92. The maximum atomic E-state index is 12.2. The number of anilines is 1. The third-order valence-corrected chi connectivity index (χ3v) is 5.27. The van der Waals surface area contributed by atoms with E-state index in [0.29, 0.717) is 13.1 Å². The molecule has 1 aliphatic heterocycles. The summed E-state index contributed by atoms with van der Waals surface area (Å²) in [4.78, 5) is 10.4. The fourth-order valence-corrected chi connectivity index (χ4v) is 3.58. The van der Waals surface area contributed by atoms with E-state index in [1.165, 1.54) is 0 Å². The molecular weight excluding hydrogens is 356 g/mol. The van der Waals surface area contributed by atoms with Crippen molar-refractivity contribution in [3.8, 4) is 0 Å². The van der Waals surface area contributed by atoms with Gasteiger partial charge in [-0.1, -0.05) is 15.9 Å². The molecule has 0 bridgehead atoms. The number of halogens is 1. The topological polar surface area (TPSA) is 75.2 Å². The second-order valence-electron chi connectivity index (χ2n) is 4.74. The normalized spacial score (nSPS) is 15.8. The Labute approximate surface area is 131 Å². The Morgan fingerprint density at radius 3 is 2.52 bits per heavy atom. The molecule has 3 rings (SSSR count). The highest BCUT2D eigenvalue weighted by Gasteiger charge is 2.31. The van der Waals surface area contributed by atoms with Crippen LogP contribution in [0.15, 0.2) is 52.2 Å². The third kappa shape index (κ3) is 3.22. The van der Waals surface area contributed by atoms with Crippen LogP contribution in [0.25, 0.3) is 0 Å². The first-order valence-electron chi connectivity index (χ1n) is 6.33. The molecule has 1 aliphatic rings. The maximum Gasteiger partial charge on any atom is 0.240 e. The second-order valence-corrected chi connectivity index (χ2v) is 7.37. The molecule has 110 valence electrons. The Morgan fingerprint density at radius 1 is 1.19 bits per heavy atom. The zero-order valence-electron chi connectivity index (χ0n) is 11.0. The average molecular weight is 369 g/mol. The van der Waals surface area contributed by atoms with Gasteiger partial charge in [0.15, 0.2) is 0 Å². The summed E-state index contributed by atoms with van der Waals surface area (Å²) in [6.07, 6.45) is 4.89. The molecule has 1 saturated heterocycles. The van der Waals surface area contributed by atoms with Crippen LogP contribution in [0.2, 0.25) is 0 Å². The van der Waals surface area contributed by atoms with Gasteiger partial charge in [0.2, 0.25) is 10.0 Å². The molecule has 0 amide bonds. The van der Waals surface area contributed by atoms with Crippen molar-refractivity contribution in [2.75, 3.05) is 18.0 Å². The van der Waals surface area contributed by atoms with Gasteiger partial charge in [0.1, 0.15) is 5.82 Å². The van der Waals surface area contributed by atoms with E-state index < -0.39 is 10.0 Å². The Balaban J connectivity index is 1.62. The molecule has 1 aromatic heterocycles. The van der Waals surface area contributed by atoms with Crippen LogP contribution in [-0.4, -0.2) is 37.5 Å². The summed E-state index contributed by atoms with van der Waals surface area (Å²) in [6.45, 7) is 1.18. The second kappa shape index (κ2) is 5.70. The summed E-state index contributed by atoms with van der Waals surface area (Å²) in [5.41, 5.74) is 0. The van der Waals surface area contributed by atoms with E-state index in [0.717, 1.165) is 10.3 Å². The van der Waals surface area contributed by atoms with Crippen LogP contribution in [0.3, 0.4) is 0 Å². The van der Waals surface area contributed by atoms with Crippen LogP contribution in [0, 0.1) is 0 Å². The van der Waals surface area contributed by atoms with Crippen molar-refractivity contribution >= 4 is 31.8 Å². The van der Waals surface area contributed by atoms with Crippen molar-refractivity contribution < 1.29 is 8.42 Å². The summed E-state index contributed by atoms with van der Waals surface area (Å²) in [7, 11) is -3.48. The number of sulfonamides is 1. The van der Waals surface area contributed by atoms with Gasteiger partial charge in [0.25, 0.3) is 0 Å². The van der Waals surface area contributed by atoms with E-state index in [4.69, 9.17) is 0 Å². The summed E-state index contributed by atoms with van der Waals surface area (Å²) < 4.78 is 28.0. The number of rotatable bonds is 4. The number of nitrogens with one attached hydrogen (secondary N) is 1. The zero-order chi connectivity index (χ0) is 14.9. The van der Waals surface area contributed by atoms with Crippen molar-refractivity contribution in [3.05, 3.63) is 47.3 Å². The van der Waals surface area contributed by atoms with Gasteiger partial charge < -0.3 is 4.90 Å². The van der Waals surface area contributed by atoms with Crippen LogP contribution in [0.4, 0.5) is 5.82 Å². The molecule has 0 unspecified atom stereocenters. The van der Waals surface area contributed by atoms with Gasteiger partial charge in [0, 0.05) is 30.0 Å². The fourth-order valence-electron chi connectivity index (χ4n) is 2.10. The number of hydrogen-bond acceptors (Lipinski definition) is 5. The first-order valence-corrected chi connectivity index (χ1v) is 8.61. The van der Waals surface area contributed by atoms with E-state index in [1.807, 2.05) is 4.90 Å². The predicted molar refractivity (Wildman–Crippen MR) is 82.5 cm³/mol. The van der Waals surface area contributed by atoms with Crippen LogP contribution in [0.1, 0.15) is 0 Å². The third-order valence-electron chi connectivity index (χ3n) is 3.20. The fraction of sp³-hybridized carbons (Fsp3) is 0.231. The summed E-state index contributed by atoms with van der Waals surface area (Å²) in [5.74, 6) is 0.761.